The van der Waals surface area contributed by atoms with Crippen LogP contribution in [0.25, 0.3) is 0 Å². The summed E-state index contributed by atoms with van der Waals surface area (Å²) < 4.78 is 18.9. The van der Waals surface area contributed by atoms with Crippen LogP contribution in [0.2, 0.25) is 0 Å². The molecule has 4 nitrogen and oxygen atoms in total. The molecule has 0 saturated heterocycles. The van der Waals surface area contributed by atoms with Crippen LogP contribution in [0, 0.1) is 12.7 Å². The van der Waals surface area contributed by atoms with Gasteiger partial charge in [-0.15, -0.1) is 0 Å². The summed E-state index contributed by atoms with van der Waals surface area (Å²) in [6.07, 6.45) is 1.46. The van der Waals surface area contributed by atoms with Crippen molar-refractivity contribution in [1.29, 1.82) is 0 Å². The Morgan fingerprint density at radius 3 is 2.68 bits per heavy atom. The lowest BCUT2D eigenvalue weighted by molar-refractivity contribution is -0.120. The van der Waals surface area contributed by atoms with Gasteiger partial charge in [0.25, 0.3) is 0 Å². The number of ether oxygens (including phenoxy) is 1. The third-order valence-corrected chi connectivity index (χ3v) is 4.03. The van der Waals surface area contributed by atoms with Gasteiger partial charge < -0.3 is 15.8 Å². The first-order valence-corrected chi connectivity index (χ1v) is 8.40. The van der Waals surface area contributed by atoms with Crippen molar-refractivity contribution in [2.45, 2.75) is 45.8 Å². The Bertz CT molecular complexity index is 744. The van der Waals surface area contributed by atoms with Gasteiger partial charge in [-0.25, -0.2) is 4.39 Å². The highest BCUT2D eigenvalue weighted by Gasteiger charge is 2.27. The number of hydrogen-bond acceptors (Lipinski definition) is 3. The molecule has 0 saturated carbocycles. The Morgan fingerprint density at radius 1 is 1.28 bits per heavy atom. The normalized spacial score (nSPS) is 13.2. The van der Waals surface area contributed by atoms with E-state index in [1.807, 2.05) is 19.9 Å². The van der Waals surface area contributed by atoms with Crippen LogP contribution in [0.5, 0.6) is 5.75 Å². The number of hydrogen-bond donors (Lipinski definition) is 2. The van der Waals surface area contributed by atoms with Crippen LogP contribution in [0.15, 0.2) is 42.5 Å². The molecule has 134 valence electrons. The molecular formula is C20H25FN2O2. The summed E-state index contributed by atoms with van der Waals surface area (Å²) in [6, 6.07) is 11.7. The second kappa shape index (κ2) is 8.12. The number of amides is 1. The third kappa shape index (κ3) is 5.29. The lowest BCUT2D eigenvalue weighted by Gasteiger charge is -2.23. The zero-order valence-corrected chi connectivity index (χ0v) is 14.9. The van der Waals surface area contributed by atoms with E-state index < -0.39 is 5.54 Å². The van der Waals surface area contributed by atoms with Gasteiger partial charge in [0.05, 0.1) is 5.54 Å². The minimum atomic E-state index is -0.895. The molecule has 0 heterocycles. The summed E-state index contributed by atoms with van der Waals surface area (Å²) in [6.45, 7) is 5.89. The molecule has 5 heteroatoms. The highest BCUT2D eigenvalue weighted by molar-refractivity contribution is 5.98. The highest BCUT2D eigenvalue weighted by Crippen LogP contribution is 2.23. The second-order valence-corrected chi connectivity index (χ2v) is 6.52. The molecule has 2 aromatic carbocycles. The van der Waals surface area contributed by atoms with Crippen LogP contribution in [-0.4, -0.2) is 11.4 Å². The number of nitrogens with one attached hydrogen (secondary N) is 1. The van der Waals surface area contributed by atoms with Crippen molar-refractivity contribution in [2.24, 2.45) is 5.73 Å². The Morgan fingerprint density at radius 2 is 2.04 bits per heavy atom. The molecular weight excluding hydrogens is 319 g/mol. The quantitative estimate of drug-likeness (QED) is 0.792. The molecule has 2 rings (SSSR count). The molecule has 3 N–H and O–H groups in total. The molecule has 1 atom stereocenters. The number of aryl methyl sites for hydroxylation is 1. The summed E-state index contributed by atoms with van der Waals surface area (Å²) in [5, 5.41) is 2.87. The third-order valence-electron chi connectivity index (χ3n) is 4.03. The van der Waals surface area contributed by atoms with E-state index in [0.29, 0.717) is 17.9 Å². The fraction of sp³-hybridized carbons (Fsp3) is 0.350. The van der Waals surface area contributed by atoms with Crippen LogP contribution in [-0.2, 0) is 11.4 Å². The molecule has 0 aliphatic rings. The standard InChI is InChI=1S/C20H25FN2O2/c1-4-10-20(3,22)19(24)23-18-9-8-17(11-14(18)2)25-13-15-6-5-7-16(21)12-15/h5-9,11-12H,4,10,13,22H2,1-3H3,(H,23,24). The van der Waals surface area contributed by atoms with Gasteiger partial charge in [0, 0.05) is 5.69 Å². The van der Waals surface area contributed by atoms with Gasteiger partial charge in [-0.3, -0.25) is 4.79 Å². The molecule has 0 radical (unpaired) electrons. The molecule has 0 aliphatic heterocycles. The van der Waals surface area contributed by atoms with E-state index in [1.54, 1.807) is 31.2 Å². The van der Waals surface area contributed by atoms with E-state index in [0.717, 1.165) is 17.5 Å². The van der Waals surface area contributed by atoms with Crippen molar-refractivity contribution in [1.82, 2.24) is 0 Å². The SMILES string of the molecule is CCCC(C)(N)C(=O)Nc1ccc(OCc2cccc(F)c2)cc1C. The minimum absolute atomic E-state index is 0.203. The van der Waals surface area contributed by atoms with Gasteiger partial charge in [0.15, 0.2) is 0 Å². The van der Waals surface area contributed by atoms with Gasteiger partial charge >= 0.3 is 0 Å². The van der Waals surface area contributed by atoms with Crippen molar-refractivity contribution in [3.05, 3.63) is 59.4 Å². The molecule has 0 spiro atoms. The van der Waals surface area contributed by atoms with Crippen molar-refractivity contribution < 1.29 is 13.9 Å². The van der Waals surface area contributed by atoms with Crippen molar-refractivity contribution in [3.63, 3.8) is 0 Å². The lowest BCUT2D eigenvalue weighted by atomic mass is 9.96. The molecule has 25 heavy (non-hydrogen) atoms. The zero-order valence-electron chi connectivity index (χ0n) is 14.9. The molecule has 0 fully saturated rings. The molecule has 1 unspecified atom stereocenters. The van der Waals surface area contributed by atoms with Crippen LogP contribution < -0.4 is 15.8 Å². The van der Waals surface area contributed by atoms with E-state index >= 15 is 0 Å². The topological polar surface area (TPSA) is 64.4 Å². The van der Waals surface area contributed by atoms with Crippen molar-refractivity contribution >= 4 is 11.6 Å². The monoisotopic (exact) mass is 344 g/mol. The number of nitrogens with two attached hydrogens (primary N) is 1. The maximum atomic E-state index is 13.2. The Balaban J connectivity index is 2.01. The number of benzene rings is 2. The molecule has 0 aromatic heterocycles. The maximum absolute atomic E-state index is 13.2. The molecule has 0 aliphatic carbocycles. The second-order valence-electron chi connectivity index (χ2n) is 6.52. The minimum Gasteiger partial charge on any atom is -0.489 e. The van der Waals surface area contributed by atoms with E-state index in [-0.39, 0.29) is 18.3 Å². The van der Waals surface area contributed by atoms with Gasteiger partial charge in [0.1, 0.15) is 18.2 Å². The first-order valence-electron chi connectivity index (χ1n) is 8.40. The van der Waals surface area contributed by atoms with Gasteiger partial charge in [-0.1, -0.05) is 25.5 Å². The zero-order chi connectivity index (χ0) is 18.4. The van der Waals surface area contributed by atoms with Gasteiger partial charge in [0.2, 0.25) is 5.91 Å². The van der Waals surface area contributed by atoms with E-state index in [4.69, 9.17) is 10.5 Å². The summed E-state index contributed by atoms with van der Waals surface area (Å²) >= 11 is 0. The fourth-order valence-electron chi connectivity index (χ4n) is 2.56. The Kier molecular flexibility index (Phi) is 6.15. The van der Waals surface area contributed by atoms with E-state index in [9.17, 15) is 9.18 Å². The number of carbonyl (C=O) groups is 1. The number of rotatable bonds is 7. The lowest BCUT2D eigenvalue weighted by Crippen LogP contribution is -2.48. The predicted molar refractivity (Wildman–Crippen MR) is 98.0 cm³/mol. The average molecular weight is 344 g/mol. The van der Waals surface area contributed by atoms with Crippen LogP contribution in [0.4, 0.5) is 10.1 Å². The predicted octanol–water partition coefficient (Wildman–Crippen LogP) is 4.17. The van der Waals surface area contributed by atoms with Crippen molar-refractivity contribution in [2.75, 3.05) is 5.32 Å². The molecule has 0 bridgehead atoms. The number of halogens is 1. The van der Waals surface area contributed by atoms with Crippen LogP contribution >= 0.6 is 0 Å². The first-order chi connectivity index (χ1) is 11.8. The highest BCUT2D eigenvalue weighted by atomic mass is 19.1. The first kappa shape index (κ1) is 18.9. The Hall–Kier alpha value is -2.40. The van der Waals surface area contributed by atoms with Crippen LogP contribution in [0.3, 0.4) is 0 Å². The summed E-state index contributed by atoms with van der Waals surface area (Å²) in [5.74, 6) is 0.168. The number of anilines is 1. The maximum Gasteiger partial charge on any atom is 0.244 e. The summed E-state index contributed by atoms with van der Waals surface area (Å²) in [7, 11) is 0. The largest absolute Gasteiger partial charge is 0.489 e. The van der Waals surface area contributed by atoms with E-state index in [1.165, 1.54) is 12.1 Å². The Labute approximate surface area is 148 Å². The van der Waals surface area contributed by atoms with Crippen LogP contribution in [0.1, 0.15) is 37.8 Å². The van der Waals surface area contributed by atoms with Crippen molar-refractivity contribution in [3.8, 4) is 5.75 Å². The summed E-state index contributed by atoms with van der Waals surface area (Å²) in [4.78, 5) is 12.3. The van der Waals surface area contributed by atoms with E-state index in [2.05, 4.69) is 5.32 Å². The smallest absolute Gasteiger partial charge is 0.244 e. The molecule has 2 aromatic rings. The number of carbonyl (C=O) groups excluding carboxylic acids is 1. The fourth-order valence-corrected chi connectivity index (χ4v) is 2.56. The van der Waals surface area contributed by atoms with Gasteiger partial charge in [-0.05, 0) is 61.7 Å². The summed E-state index contributed by atoms with van der Waals surface area (Å²) in [5.41, 5.74) is 7.50. The molecule has 1 amide bonds. The average Bonchev–Trinajstić information content (AvgIpc) is 2.55. The van der Waals surface area contributed by atoms with Gasteiger partial charge in [-0.2, -0.15) is 0 Å².